The number of halogens is 1. The Balaban J connectivity index is 1.28. The number of carbonyl (C=O) groups is 4. The number of ether oxygens (including phenoxy) is 5. The van der Waals surface area contributed by atoms with Crippen LogP contribution in [-0.4, -0.2) is 112 Å². The summed E-state index contributed by atoms with van der Waals surface area (Å²) in [5, 5.41) is 19.8. The van der Waals surface area contributed by atoms with E-state index < -0.39 is 27.9 Å². The van der Waals surface area contributed by atoms with Crippen molar-refractivity contribution in [2.24, 2.45) is 0 Å². The standard InChI is InChI=1S/C42H57FN4O13S/c43-38-19-16-36(27-32(38)11-8-6-4-2-1-3-5-7-9-13-39(49)50)60-35-14-17-37(18-15-35)61(54,55)47-42-45-28-33(29-46-42)41(53)44-20-22-57-24-25-58-30-34(48)12-10-21-56-23-26-59-31-40(51)52/h14-19,27-29H,1-13,20-26,30-31H2,(H,44,53)(H,49,50)(H,51,52)(H,45,46,47). The van der Waals surface area contributed by atoms with Crippen LogP contribution in [0.4, 0.5) is 10.3 Å². The van der Waals surface area contributed by atoms with Crippen molar-refractivity contribution >= 4 is 39.6 Å². The highest BCUT2D eigenvalue weighted by molar-refractivity contribution is 7.92. The number of anilines is 1. The van der Waals surface area contributed by atoms with Gasteiger partial charge in [-0.25, -0.2) is 32.3 Å². The predicted octanol–water partition coefficient (Wildman–Crippen LogP) is 5.97. The van der Waals surface area contributed by atoms with Crippen LogP contribution in [0.5, 0.6) is 11.5 Å². The monoisotopic (exact) mass is 876 g/mol. The van der Waals surface area contributed by atoms with Gasteiger partial charge in [-0.15, -0.1) is 0 Å². The van der Waals surface area contributed by atoms with E-state index in [0.717, 1.165) is 57.8 Å². The topological polar surface area (TPSA) is 239 Å². The third-order valence-corrected chi connectivity index (χ3v) is 10.2. The SMILES string of the molecule is O=C(O)CCCCCCCCCCCc1cc(Oc2ccc(S(=O)(=O)Nc3ncc(C(=O)NCCOCCOCC(=O)CCCOCCOCC(=O)O)cn3)cc2)ccc1F. The first-order valence-corrected chi connectivity index (χ1v) is 21.9. The van der Waals surface area contributed by atoms with Crippen LogP contribution in [-0.2, 0) is 49.8 Å². The lowest BCUT2D eigenvalue weighted by atomic mass is 10.0. The second kappa shape index (κ2) is 29.2. The van der Waals surface area contributed by atoms with E-state index in [9.17, 15) is 32.0 Å². The fourth-order valence-electron chi connectivity index (χ4n) is 5.70. The number of aliphatic carboxylic acids is 2. The van der Waals surface area contributed by atoms with E-state index in [1.807, 2.05) is 0 Å². The molecule has 3 aromatic rings. The number of amides is 1. The summed E-state index contributed by atoms with van der Waals surface area (Å²) in [6.45, 7) is 1.02. The molecule has 4 N–H and O–H groups in total. The molecule has 3 rings (SSSR count). The third-order valence-electron chi connectivity index (χ3n) is 8.87. The molecule has 0 atom stereocenters. The highest BCUT2D eigenvalue weighted by Crippen LogP contribution is 2.26. The zero-order chi connectivity index (χ0) is 44.1. The normalized spacial score (nSPS) is 11.3. The largest absolute Gasteiger partial charge is 0.481 e. The Morgan fingerprint density at radius 2 is 1.23 bits per heavy atom. The summed E-state index contributed by atoms with van der Waals surface area (Å²) < 4.78 is 69.5. The molecule has 0 unspecified atom stereocenters. The molecule has 17 nitrogen and oxygen atoms in total. The Hall–Kier alpha value is -5.08. The van der Waals surface area contributed by atoms with Crippen LogP contribution in [0.1, 0.15) is 93.0 Å². The number of aromatic nitrogens is 2. The summed E-state index contributed by atoms with van der Waals surface area (Å²) in [5.74, 6) is -2.16. The lowest BCUT2D eigenvalue weighted by molar-refractivity contribution is -0.143. The number of carbonyl (C=O) groups excluding carboxylic acids is 2. The number of ketones is 1. The van der Waals surface area contributed by atoms with Crippen LogP contribution >= 0.6 is 0 Å². The Morgan fingerprint density at radius 1 is 0.639 bits per heavy atom. The van der Waals surface area contributed by atoms with Crippen LogP contribution in [0.2, 0.25) is 0 Å². The summed E-state index contributed by atoms with van der Waals surface area (Å²) in [4.78, 5) is 53.1. The first-order chi connectivity index (χ1) is 29.4. The van der Waals surface area contributed by atoms with Crippen molar-refractivity contribution in [3.8, 4) is 11.5 Å². The maximum Gasteiger partial charge on any atom is 0.329 e. The molecular weight excluding hydrogens is 820 g/mol. The van der Waals surface area contributed by atoms with E-state index >= 15 is 0 Å². The van der Waals surface area contributed by atoms with Gasteiger partial charge in [-0.2, -0.15) is 0 Å². The van der Waals surface area contributed by atoms with Gasteiger partial charge in [0.25, 0.3) is 15.9 Å². The van der Waals surface area contributed by atoms with E-state index in [0.29, 0.717) is 36.5 Å². The number of nitrogens with one attached hydrogen (secondary N) is 2. The van der Waals surface area contributed by atoms with Crippen molar-refractivity contribution in [2.45, 2.75) is 88.4 Å². The Labute approximate surface area is 355 Å². The van der Waals surface area contributed by atoms with Gasteiger partial charge in [-0.05, 0) is 73.7 Å². The second-order valence-electron chi connectivity index (χ2n) is 13.9. The number of Topliss-reactive ketones (excluding diaryl/α,β-unsaturated/α-hetero) is 1. The van der Waals surface area contributed by atoms with Gasteiger partial charge in [0.05, 0.1) is 43.5 Å². The lowest BCUT2D eigenvalue weighted by Crippen LogP contribution is -2.28. The number of benzene rings is 2. The minimum atomic E-state index is -4.09. The number of hydrogen-bond acceptors (Lipinski definition) is 13. The summed E-state index contributed by atoms with van der Waals surface area (Å²) in [7, 11) is -4.09. The molecule has 61 heavy (non-hydrogen) atoms. The molecular formula is C42H57FN4O13S. The van der Waals surface area contributed by atoms with Crippen LogP contribution < -0.4 is 14.8 Å². The molecule has 0 bridgehead atoms. The molecule has 0 aliphatic rings. The molecule has 0 spiro atoms. The summed E-state index contributed by atoms with van der Waals surface area (Å²) in [6.07, 6.45) is 12.8. The van der Waals surface area contributed by atoms with Gasteiger partial charge in [0.2, 0.25) is 5.95 Å². The van der Waals surface area contributed by atoms with Crippen molar-refractivity contribution in [3.05, 3.63) is 71.8 Å². The van der Waals surface area contributed by atoms with Gasteiger partial charge in [0.15, 0.2) is 5.78 Å². The fraction of sp³-hybridized carbons (Fsp3) is 0.524. The molecule has 0 fully saturated rings. The van der Waals surface area contributed by atoms with E-state index in [4.69, 9.17) is 33.9 Å². The number of nitrogens with zero attached hydrogens (tertiary/aromatic N) is 2. The van der Waals surface area contributed by atoms with Crippen LogP contribution in [0.15, 0.2) is 59.8 Å². The Bertz CT molecular complexity index is 1880. The molecule has 1 heterocycles. The van der Waals surface area contributed by atoms with Gasteiger partial charge < -0.3 is 39.2 Å². The highest BCUT2D eigenvalue weighted by atomic mass is 32.2. The third kappa shape index (κ3) is 22.4. The van der Waals surface area contributed by atoms with Gasteiger partial charge in [0, 0.05) is 38.4 Å². The highest BCUT2D eigenvalue weighted by Gasteiger charge is 2.17. The fourth-order valence-corrected chi connectivity index (χ4v) is 6.66. The maximum atomic E-state index is 14.5. The first kappa shape index (κ1) is 50.3. The van der Waals surface area contributed by atoms with Crippen molar-refractivity contribution < 1.29 is 65.9 Å². The second-order valence-corrected chi connectivity index (χ2v) is 15.6. The molecule has 336 valence electrons. The number of unbranched alkanes of at least 4 members (excludes halogenated alkanes) is 8. The average Bonchev–Trinajstić information content (AvgIpc) is 3.23. The number of aryl methyl sites for hydroxylation is 1. The molecule has 1 amide bonds. The smallest absolute Gasteiger partial charge is 0.329 e. The van der Waals surface area contributed by atoms with E-state index in [1.165, 1.54) is 48.8 Å². The molecule has 1 aromatic heterocycles. The quantitative estimate of drug-likeness (QED) is 0.0498. The van der Waals surface area contributed by atoms with E-state index in [1.54, 1.807) is 6.07 Å². The predicted molar refractivity (Wildman–Crippen MR) is 221 cm³/mol. The molecule has 0 saturated heterocycles. The van der Waals surface area contributed by atoms with Crippen LogP contribution in [0.3, 0.4) is 0 Å². The lowest BCUT2D eigenvalue weighted by Gasteiger charge is -2.11. The number of sulfonamides is 1. The molecule has 2 aromatic carbocycles. The maximum absolute atomic E-state index is 14.5. The average molecular weight is 877 g/mol. The molecule has 0 aliphatic heterocycles. The van der Waals surface area contributed by atoms with E-state index in [2.05, 4.69) is 20.0 Å². The number of carboxylic acids is 2. The molecule has 0 radical (unpaired) electrons. The van der Waals surface area contributed by atoms with Gasteiger partial charge in [0.1, 0.15) is 30.5 Å². The van der Waals surface area contributed by atoms with Gasteiger partial charge in [-0.1, -0.05) is 44.9 Å². The van der Waals surface area contributed by atoms with Crippen molar-refractivity contribution in [1.29, 1.82) is 0 Å². The Morgan fingerprint density at radius 3 is 1.89 bits per heavy atom. The van der Waals surface area contributed by atoms with Crippen molar-refractivity contribution in [1.82, 2.24) is 15.3 Å². The van der Waals surface area contributed by atoms with Gasteiger partial charge in [-0.3, -0.25) is 14.4 Å². The summed E-state index contributed by atoms with van der Waals surface area (Å²) >= 11 is 0. The number of rotatable bonds is 35. The molecule has 19 heteroatoms. The minimum Gasteiger partial charge on any atom is -0.481 e. The number of carboxylic acid groups (broad SMARTS) is 2. The zero-order valence-corrected chi connectivity index (χ0v) is 35.1. The Kier molecular flexibility index (Phi) is 24.1. The van der Waals surface area contributed by atoms with E-state index in [-0.39, 0.29) is 93.6 Å². The van der Waals surface area contributed by atoms with Crippen LogP contribution in [0, 0.1) is 5.82 Å². The van der Waals surface area contributed by atoms with Crippen molar-refractivity contribution in [3.63, 3.8) is 0 Å². The minimum absolute atomic E-state index is 0.0687. The summed E-state index contributed by atoms with van der Waals surface area (Å²) in [6, 6.07) is 10.2. The zero-order valence-electron chi connectivity index (χ0n) is 34.3. The van der Waals surface area contributed by atoms with Crippen molar-refractivity contribution in [2.75, 3.05) is 64.1 Å². The van der Waals surface area contributed by atoms with Gasteiger partial charge >= 0.3 is 11.9 Å². The molecule has 0 saturated carbocycles. The summed E-state index contributed by atoms with van der Waals surface area (Å²) in [5.41, 5.74) is 0.640. The molecule has 0 aliphatic carbocycles. The number of hydrogen-bond donors (Lipinski definition) is 4. The van der Waals surface area contributed by atoms with Crippen LogP contribution in [0.25, 0.3) is 0 Å². The first-order valence-electron chi connectivity index (χ1n) is 20.4.